The van der Waals surface area contributed by atoms with E-state index >= 15 is 0 Å². The van der Waals surface area contributed by atoms with Crippen LogP contribution in [-0.2, 0) is 5.54 Å². The van der Waals surface area contributed by atoms with Gasteiger partial charge in [0, 0.05) is 33.9 Å². The van der Waals surface area contributed by atoms with Crippen LogP contribution in [0.25, 0.3) is 27.6 Å². The second-order valence-electron chi connectivity index (χ2n) is 11.1. The van der Waals surface area contributed by atoms with Gasteiger partial charge in [0.1, 0.15) is 17.0 Å². The van der Waals surface area contributed by atoms with Gasteiger partial charge in [-0.15, -0.1) is 0 Å². The molecule has 5 nitrogen and oxygen atoms in total. The normalized spacial score (nSPS) is 16.1. The summed E-state index contributed by atoms with van der Waals surface area (Å²) in [4.78, 5) is 2.41. The van der Waals surface area contributed by atoms with Gasteiger partial charge in [-0.1, -0.05) is 60.7 Å². The number of ether oxygens (including phenoxy) is 1. The van der Waals surface area contributed by atoms with Gasteiger partial charge in [0.25, 0.3) is 5.82 Å². The van der Waals surface area contributed by atoms with Crippen LogP contribution < -0.4 is 19.9 Å². The molecule has 200 valence electrons. The van der Waals surface area contributed by atoms with Crippen LogP contribution in [0.3, 0.4) is 0 Å². The summed E-state index contributed by atoms with van der Waals surface area (Å²) in [5.74, 6) is 2.73. The van der Waals surface area contributed by atoms with Crippen molar-refractivity contribution in [1.29, 1.82) is 0 Å². The Kier molecular flexibility index (Phi) is 4.68. The number of fused-ring (bicyclic) bond motifs is 8. The van der Waals surface area contributed by atoms with Crippen molar-refractivity contribution in [1.82, 2.24) is 4.57 Å². The van der Waals surface area contributed by atoms with Crippen molar-refractivity contribution in [3.05, 3.63) is 151 Å². The van der Waals surface area contributed by atoms with E-state index in [2.05, 4.69) is 135 Å². The second-order valence-corrected chi connectivity index (χ2v) is 11.1. The minimum atomic E-state index is -0.708. The molecule has 2 aliphatic heterocycles. The summed E-state index contributed by atoms with van der Waals surface area (Å²) in [6, 6.07) is 46.7. The van der Waals surface area contributed by atoms with Crippen LogP contribution in [0.4, 0.5) is 17.1 Å². The van der Waals surface area contributed by atoms with Crippen LogP contribution >= 0.6 is 0 Å². The third kappa shape index (κ3) is 2.94. The number of nitrogens with zero attached hydrogens (tertiary/aromatic N) is 3. The lowest BCUT2D eigenvalue weighted by Gasteiger charge is -2.44. The van der Waals surface area contributed by atoms with E-state index in [1.54, 1.807) is 0 Å². The summed E-state index contributed by atoms with van der Waals surface area (Å²) in [6.07, 6.45) is 2.20. The highest BCUT2D eigenvalue weighted by molar-refractivity contribution is 6.11. The summed E-state index contributed by atoms with van der Waals surface area (Å²) in [5, 5.41) is 2.42. The monoisotopic (exact) mass is 543 g/mol. The minimum absolute atomic E-state index is 0.598. The summed E-state index contributed by atoms with van der Waals surface area (Å²) in [5.41, 5.74) is 13.6. The molecule has 0 bridgehead atoms. The summed E-state index contributed by atoms with van der Waals surface area (Å²) >= 11 is 0. The maximum Gasteiger partial charge on any atom is 0.288 e. The molecule has 0 spiro atoms. The van der Waals surface area contributed by atoms with Crippen LogP contribution in [0.15, 0.2) is 140 Å². The first-order valence-corrected chi connectivity index (χ1v) is 14.3. The number of benzene rings is 5. The maximum absolute atomic E-state index is 6.98. The molecule has 4 heterocycles. The topological polar surface area (TPSA) is 47.3 Å². The quantitative estimate of drug-likeness (QED) is 0.183. The predicted molar refractivity (Wildman–Crippen MR) is 168 cm³/mol. The average Bonchev–Trinajstić information content (AvgIpc) is 3.39. The fourth-order valence-electron chi connectivity index (χ4n) is 7.27. The van der Waals surface area contributed by atoms with Crippen molar-refractivity contribution < 1.29 is 9.30 Å². The van der Waals surface area contributed by atoms with Gasteiger partial charge >= 0.3 is 0 Å². The van der Waals surface area contributed by atoms with Crippen LogP contribution in [0.5, 0.6) is 11.5 Å². The Morgan fingerprint density at radius 2 is 1.33 bits per heavy atom. The van der Waals surface area contributed by atoms with E-state index in [9.17, 15) is 0 Å². The molecular formula is C37H27N4O+. The Morgan fingerprint density at radius 3 is 2.12 bits per heavy atom. The van der Waals surface area contributed by atoms with Gasteiger partial charge in [-0.05, 0) is 66.7 Å². The average molecular weight is 544 g/mol. The molecule has 0 fully saturated rings. The number of aromatic nitrogens is 2. The molecule has 1 atom stereocenters. The number of rotatable bonds is 4. The van der Waals surface area contributed by atoms with Gasteiger partial charge in [-0.3, -0.25) is 0 Å². The zero-order valence-corrected chi connectivity index (χ0v) is 22.8. The Hall–Kier alpha value is -5.55. The summed E-state index contributed by atoms with van der Waals surface area (Å²) in [6.45, 7) is 0.598. The Balaban J connectivity index is 1.47. The first-order chi connectivity index (χ1) is 20.8. The molecule has 5 aromatic carbocycles. The highest BCUT2D eigenvalue weighted by atomic mass is 16.5. The van der Waals surface area contributed by atoms with E-state index in [0.717, 1.165) is 45.3 Å². The van der Waals surface area contributed by atoms with Gasteiger partial charge in [0.05, 0.1) is 23.9 Å². The summed E-state index contributed by atoms with van der Waals surface area (Å²) < 4.78 is 11.5. The minimum Gasteiger partial charge on any atom is -0.456 e. The van der Waals surface area contributed by atoms with Crippen molar-refractivity contribution in [2.45, 2.75) is 5.54 Å². The third-order valence-electron chi connectivity index (χ3n) is 8.91. The maximum atomic E-state index is 6.98. The Labute approximate surface area is 243 Å². The van der Waals surface area contributed by atoms with Crippen LogP contribution in [0.2, 0.25) is 0 Å². The number of pyridine rings is 1. The van der Waals surface area contributed by atoms with Gasteiger partial charge in [0.2, 0.25) is 0 Å². The van der Waals surface area contributed by atoms with Crippen molar-refractivity contribution in [3.63, 3.8) is 0 Å². The van der Waals surface area contributed by atoms with E-state index in [1.807, 2.05) is 18.2 Å². The molecule has 0 radical (unpaired) electrons. The van der Waals surface area contributed by atoms with Gasteiger partial charge < -0.3 is 15.4 Å². The van der Waals surface area contributed by atoms with Crippen molar-refractivity contribution in [2.24, 2.45) is 0 Å². The lowest BCUT2D eigenvalue weighted by atomic mass is 9.76. The van der Waals surface area contributed by atoms with E-state index in [1.165, 1.54) is 16.3 Å². The molecule has 0 saturated heterocycles. The SMILES string of the molecule is Nc1cccc2c1C1(CN(c3ccccc3)c3ccccc3)c3c(ccc4c5ccccc5n(c34)-c3cccc[n+]31)O2. The molecule has 2 aliphatic rings. The zero-order valence-electron chi connectivity index (χ0n) is 22.8. The van der Waals surface area contributed by atoms with Crippen LogP contribution in [0, 0.1) is 0 Å². The van der Waals surface area contributed by atoms with Crippen molar-refractivity contribution >= 4 is 38.9 Å². The molecular weight excluding hydrogens is 516 g/mol. The number of nitrogen functional groups attached to an aromatic ring is 1. The van der Waals surface area contributed by atoms with E-state index in [4.69, 9.17) is 10.5 Å². The van der Waals surface area contributed by atoms with E-state index in [0.29, 0.717) is 12.2 Å². The molecule has 0 amide bonds. The Morgan fingerprint density at radius 1 is 0.643 bits per heavy atom. The Bertz CT molecular complexity index is 2130. The molecule has 2 N–H and O–H groups in total. The van der Waals surface area contributed by atoms with Crippen LogP contribution in [-0.4, -0.2) is 11.1 Å². The molecule has 0 saturated carbocycles. The van der Waals surface area contributed by atoms with E-state index in [-0.39, 0.29) is 0 Å². The number of anilines is 3. The number of nitrogens with two attached hydrogens (primary N) is 1. The van der Waals surface area contributed by atoms with Gasteiger partial charge in [-0.25, -0.2) is 4.57 Å². The van der Waals surface area contributed by atoms with Crippen molar-refractivity contribution in [3.8, 4) is 17.3 Å². The third-order valence-corrected chi connectivity index (χ3v) is 8.91. The standard InChI is InChI=1S/C37H27N4O/c38-29-17-11-19-31-34(29)37(24-39(25-12-3-1-4-13-25)26-14-5-2-6-15-26)35-32(42-31)22-21-28-27-16-7-8-18-30(27)41(36(28)35)33-20-9-10-23-40(33)37/h1-23H,24,38H2/q+1. The second kappa shape index (κ2) is 8.48. The molecule has 5 heteroatoms. The smallest absolute Gasteiger partial charge is 0.288 e. The fourth-order valence-corrected chi connectivity index (χ4v) is 7.27. The number of hydrogen-bond acceptors (Lipinski definition) is 3. The predicted octanol–water partition coefficient (Wildman–Crippen LogP) is 7.70. The molecule has 9 rings (SSSR count). The van der Waals surface area contributed by atoms with E-state index < -0.39 is 5.54 Å². The van der Waals surface area contributed by atoms with Crippen LogP contribution in [0.1, 0.15) is 11.1 Å². The molecule has 0 aliphatic carbocycles. The van der Waals surface area contributed by atoms with Gasteiger partial charge in [-0.2, -0.15) is 4.57 Å². The highest BCUT2D eigenvalue weighted by Crippen LogP contribution is 2.55. The zero-order chi connectivity index (χ0) is 27.8. The number of para-hydroxylation sites is 3. The molecule has 7 aromatic rings. The summed E-state index contributed by atoms with van der Waals surface area (Å²) in [7, 11) is 0. The highest BCUT2D eigenvalue weighted by Gasteiger charge is 2.56. The molecule has 2 aromatic heterocycles. The first-order valence-electron chi connectivity index (χ1n) is 14.3. The molecule has 42 heavy (non-hydrogen) atoms. The lowest BCUT2D eigenvalue weighted by molar-refractivity contribution is -0.737. The van der Waals surface area contributed by atoms with Crippen molar-refractivity contribution in [2.75, 3.05) is 17.2 Å². The first kappa shape index (κ1) is 23.2. The largest absolute Gasteiger partial charge is 0.456 e. The fraction of sp³-hybridized carbons (Fsp3) is 0.0541. The number of hydrogen-bond donors (Lipinski definition) is 1. The molecule has 1 unspecified atom stereocenters. The lowest BCUT2D eigenvalue weighted by Crippen LogP contribution is -2.66. The van der Waals surface area contributed by atoms with Gasteiger partial charge in [0.15, 0.2) is 11.1 Å².